The number of amides is 1. The molecule has 0 saturated heterocycles. The van der Waals surface area contributed by atoms with Gasteiger partial charge in [-0.15, -0.1) is 26.7 Å². The summed E-state index contributed by atoms with van der Waals surface area (Å²) >= 11 is 0. The molecule has 4 aromatic rings. The van der Waals surface area contributed by atoms with Crippen LogP contribution in [0.3, 0.4) is 0 Å². The molecule has 258 valence electrons. The van der Waals surface area contributed by atoms with Crippen LogP contribution < -0.4 is 18.9 Å². The normalized spacial score (nSPS) is 9.55. The van der Waals surface area contributed by atoms with E-state index >= 15 is 0 Å². The lowest BCUT2D eigenvalue weighted by atomic mass is 10.2. The number of para-hydroxylation sites is 2. The molecule has 4 rings (SSSR count). The third-order valence-corrected chi connectivity index (χ3v) is 5.75. The highest BCUT2D eigenvalue weighted by molar-refractivity contribution is 5.97. The smallest absolute Gasteiger partial charge is 0.402 e. The van der Waals surface area contributed by atoms with Gasteiger partial charge in [0.1, 0.15) is 47.3 Å². The van der Waals surface area contributed by atoms with E-state index in [9.17, 15) is 39.4 Å². The maximum absolute atomic E-state index is 12.3. The van der Waals surface area contributed by atoms with E-state index in [2.05, 4.69) is 19.7 Å². The fraction of sp³-hybridized carbons (Fsp3) is 0.0625. The Morgan fingerprint density at radius 3 is 1.57 bits per heavy atom. The maximum Gasteiger partial charge on any atom is 0.402 e. The molecular weight excluding hydrogens is 678 g/mol. The van der Waals surface area contributed by atoms with Crippen molar-refractivity contribution < 1.29 is 58.0 Å². The maximum atomic E-state index is 12.3. The predicted octanol–water partition coefficient (Wildman–Crippen LogP) is 5.58. The van der Waals surface area contributed by atoms with Crippen molar-refractivity contribution in [3.05, 3.63) is 150 Å². The van der Waals surface area contributed by atoms with Crippen molar-refractivity contribution in [2.24, 2.45) is 5.11 Å². The lowest BCUT2D eigenvalue weighted by molar-refractivity contribution is -0.763. The molecule has 0 heterocycles. The Bertz CT molecular complexity index is 2040. The second-order valence-electron chi connectivity index (χ2n) is 9.15. The minimum atomic E-state index is -1.23. The summed E-state index contributed by atoms with van der Waals surface area (Å²) in [4.78, 5) is 78.2. The lowest BCUT2D eigenvalue weighted by Gasteiger charge is -2.09. The number of nitrogens with zero attached hydrogens (tertiary/aromatic N) is 5. The molecule has 0 radical (unpaired) electrons. The number of carbonyl (C=O) groups is 4. The highest BCUT2D eigenvalue weighted by atomic mass is 17.0. The minimum absolute atomic E-state index is 0.00181. The van der Waals surface area contributed by atoms with Gasteiger partial charge in [-0.2, -0.15) is 0 Å². The van der Waals surface area contributed by atoms with E-state index in [1.54, 1.807) is 36.3 Å². The summed E-state index contributed by atoms with van der Waals surface area (Å²) in [6.07, 6.45) is 3.71. The first-order chi connectivity index (χ1) is 24.5. The van der Waals surface area contributed by atoms with E-state index in [0.29, 0.717) is 11.1 Å². The van der Waals surface area contributed by atoms with Crippen LogP contribution in [0.25, 0.3) is 10.4 Å². The van der Waals surface area contributed by atoms with Crippen molar-refractivity contribution in [3.63, 3.8) is 0 Å². The summed E-state index contributed by atoms with van der Waals surface area (Å²) in [6.45, 7) is -0.590. The summed E-state index contributed by atoms with van der Waals surface area (Å²) in [7, 11) is 0. The zero-order chi connectivity index (χ0) is 37.2. The first-order valence-corrected chi connectivity index (χ1v) is 13.8. The fourth-order valence-electron chi connectivity index (χ4n) is 3.70. The number of hydrogen-bond donors (Lipinski definition) is 0. The quantitative estimate of drug-likeness (QED) is 0.0201. The van der Waals surface area contributed by atoms with Crippen molar-refractivity contribution in [3.8, 4) is 35.3 Å². The van der Waals surface area contributed by atoms with E-state index in [1.165, 1.54) is 66.7 Å². The molecule has 0 aliphatic heterocycles. The Kier molecular flexibility index (Phi) is 14.0. The van der Waals surface area contributed by atoms with Crippen LogP contribution in [0.5, 0.6) is 23.0 Å². The van der Waals surface area contributed by atoms with Gasteiger partial charge in [0.2, 0.25) is 0 Å². The summed E-state index contributed by atoms with van der Waals surface area (Å²) in [5.41, 5.74) is 8.97. The van der Waals surface area contributed by atoms with Gasteiger partial charge in [-0.25, -0.2) is 19.2 Å². The largest absolute Gasteiger partial charge is 0.423 e. The Balaban J connectivity index is 0.000000276. The second kappa shape index (κ2) is 19.0. The highest BCUT2D eigenvalue weighted by Crippen LogP contribution is 2.23. The van der Waals surface area contributed by atoms with E-state index in [0.717, 1.165) is 0 Å². The SMILES string of the molecule is C#CC(=O)Oc1ccccc1C(=O)Oc1cccc(CO[N+](=O)[O-])c1.[N-]=[N+]=NC(=O)Oc1ccccc1C(=O)Oc1cccc(CO[N+](=O)[O-])c1. The summed E-state index contributed by atoms with van der Waals surface area (Å²) < 4.78 is 20.0. The number of azide groups is 1. The molecule has 51 heavy (non-hydrogen) atoms. The van der Waals surface area contributed by atoms with Crippen molar-refractivity contribution in [1.29, 1.82) is 0 Å². The van der Waals surface area contributed by atoms with Crippen LogP contribution >= 0.6 is 0 Å². The number of rotatable bonds is 12. The predicted molar refractivity (Wildman–Crippen MR) is 169 cm³/mol. The molecule has 0 aliphatic rings. The molecular formula is C32H21N5O14. The number of ether oxygens (including phenoxy) is 4. The summed E-state index contributed by atoms with van der Waals surface area (Å²) in [5.74, 6) is -0.734. The van der Waals surface area contributed by atoms with Crippen LogP contribution in [0.2, 0.25) is 0 Å². The van der Waals surface area contributed by atoms with E-state index in [4.69, 9.17) is 30.9 Å². The Morgan fingerprint density at radius 2 is 1.14 bits per heavy atom. The van der Waals surface area contributed by atoms with Crippen LogP contribution in [0, 0.1) is 32.6 Å². The number of hydrogen-bond acceptors (Lipinski definition) is 14. The van der Waals surface area contributed by atoms with Crippen LogP contribution in [-0.2, 0) is 27.7 Å². The van der Waals surface area contributed by atoms with Crippen LogP contribution in [0.4, 0.5) is 4.79 Å². The number of esters is 3. The molecule has 0 atom stereocenters. The molecule has 1 amide bonds. The monoisotopic (exact) mass is 699 g/mol. The molecule has 0 unspecified atom stereocenters. The number of benzene rings is 4. The first kappa shape index (κ1) is 37.5. The van der Waals surface area contributed by atoms with E-state index < -0.39 is 34.2 Å². The van der Waals surface area contributed by atoms with Gasteiger partial charge in [0.05, 0.1) is 0 Å². The molecule has 4 aromatic carbocycles. The molecule has 19 heteroatoms. The van der Waals surface area contributed by atoms with Crippen LogP contribution in [0.15, 0.2) is 102 Å². The van der Waals surface area contributed by atoms with Gasteiger partial charge in [0.25, 0.3) is 10.2 Å². The van der Waals surface area contributed by atoms with Crippen LogP contribution in [-0.4, -0.2) is 34.2 Å². The average molecular weight is 700 g/mol. The molecule has 19 nitrogen and oxygen atoms in total. The van der Waals surface area contributed by atoms with Crippen molar-refractivity contribution in [2.75, 3.05) is 0 Å². The summed E-state index contributed by atoms with van der Waals surface area (Å²) in [6, 6.07) is 23.6. The second-order valence-corrected chi connectivity index (χ2v) is 9.15. The summed E-state index contributed by atoms with van der Waals surface area (Å²) in [5, 5.41) is 21.3. The minimum Gasteiger partial charge on any atom is -0.423 e. The topological polar surface area (TPSA) is 259 Å². The molecule has 0 aliphatic carbocycles. The van der Waals surface area contributed by atoms with Gasteiger partial charge in [-0.3, -0.25) is 0 Å². The standard InChI is InChI=1S/C17H11NO7.C15H10N4O7/c1-2-16(19)25-15-9-4-3-8-14(15)17(20)24-13-7-5-6-12(10-13)11-23-18(21)22;16-18-17-15(21)26-13-7-2-1-6-12(13)14(20)25-11-5-3-4-10(8-11)9-24-19(22)23/h1,3-10H,11H2;1-8H,9H2. The van der Waals surface area contributed by atoms with Gasteiger partial charge in [-0.05, 0) is 65.2 Å². The molecule has 0 fully saturated rings. The van der Waals surface area contributed by atoms with Gasteiger partial charge >= 0.3 is 24.0 Å². The first-order valence-electron chi connectivity index (χ1n) is 13.8. The number of terminal acetylenes is 1. The van der Waals surface area contributed by atoms with E-state index in [1.807, 2.05) is 0 Å². The van der Waals surface area contributed by atoms with Gasteiger partial charge < -0.3 is 28.6 Å². The fourth-order valence-corrected chi connectivity index (χ4v) is 3.70. The zero-order valence-electron chi connectivity index (χ0n) is 25.7. The van der Waals surface area contributed by atoms with Gasteiger partial charge in [0, 0.05) is 15.9 Å². The van der Waals surface area contributed by atoms with Crippen LogP contribution in [0.1, 0.15) is 31.8 Å². The van der Waals surface area contributed by atoms with Gasteiger partial charge in [0.15, 0.2) is 0 Å². The van der Waals surface area contributed by atoms with Gasteiger partial charge in [-0.1, -0.05) is 48.5 Å². The molecule has 0 aromatic heterocycles. The third kappa shape index (κ3) is 12.6. The zero-order valence-corrected chi connectivity index (χ0v) is 25.7. The highest BCUT2D eigenvalue weighted by Gasteiger charge is 2.18. The lowest BCUT2D eigenvalue weighted by Crippen LogP contribution is -2.13. The van der Waals surface area contributed by atoms with Crippen molar-refractivity contribution in [1.82, 2.24) is 0 Å². The third-order valence-electron chi connectivity index (χ3n) is 5.75. The molecule has 0 spiro atoms. The Labute approximate surface area is 285 Å². The Hall–Kier alpha value is -7.97. The van der Waals surface area contributed by atoms with E-state index in [-0.39, 0.29) is 47.3 Å². The average Bonchev–Trinajstić information content (AvgIpc) is 3.11. The van der Waals surface area contributed by atoms with Crippen molar-refractivity contribution in [2.45, 2.75) is 13.2 Å². The molecule has 0 N–H and O–H groups in total. The molecule has 0 bridgehead atoms. The number of carbonyl (C=O) groups excluding carboxylic acids is 4. The van der Waals surface area contributed by atoms with Crippen molar-refractivity contribution >= 4 is 24.0 Å². The Morgan fingerprint density at radius 1 is 0.686 bits per heavy atom. The molecule has 0 saturated carbocycles.